The van der Waals surface area contributed by atoms with E-state index in [0.29, 0.717) is 0 Å². The van der Waals surface area contributed by atoms with Crippen molar-refractivity contribution in [3.8, 4) is 5.75 Å². The minimum atomic E-state index is -0.872. The number of allylic oxidation sites excluding steroid dienone is 4. The maximum atomic E-state index is 13.6. The molecule has 29 heavy (non-hydrogen) atoms. The first-order chi connectivity index (χ1) is 14.0. The van der Waals surface area contributed by atoms with Crippen LogP contribution in [0.1, 0.15) is 40.1 Å². The predicted octanol–water partition coefficient (Wildman–Crippen LogP) is 5.86. The molecule has 152 valence electrons. The van der Waals surface area contributed by atoms with E-state index in [1.54, 1.807) is 0 Å². The molecule has 0 spiro atoms. The smallest absolute Gasteiger partial charge is 0.341 e. The number of ether oxygens (including phenoxy) is 2. The van der Waals surface area contributed by atoms with Gasteiger partial charge in [-0.15, -0.1) is 0 Å². The van der Waals surface area contributed by atoms with Gasteiger partial charge in [-0.2, -0.15) is 0 Å². The van der Waals surface area contributed by atoms with E-state index in [4.69, 9.17) is 9.47 Å². The zero-order valence-corrected chi connectivity index (χ0v) is 16.9. The van der Waals surface area contributed by atoms with Crippen LogP contribution in [-0.2, 0) is 11.3 Å². The van der Waals surface area contributed by atoms with E-state index < -0.39 is 17.6 Å². The summed E-state index contributed by atoms with van der Waals surface area (Å²) in [7, 11) is 1.25. The minimum absolute atomic E-state index is 0.151. The van der Waals surface area contributed by atoms with E-state index in [0.717, 1.165) is 5.56 Å². The normalized spacial score (nSPS) is 10.3. The molecule has 0 aliphatic rings. The number of hydrogen-bond donors (Lipinski definition) is 0. The molecule has 0 bridgehead atoms. The Bertz CT molecular complexity index is 898. The number of benzene rings is 2. The van der Waals surface area contributed by atoms with E-state index in [2.05, 4.69) is 13.2 Å². The first-order valence-corrected chi connectivity index (χ1v) is 9.09. The van der Waals surface area contributed by atoms with E-state index in [1.807, 2.05) is 44.2 Å². The molecule has 4 nitrogen and oxygen atoms in total. The van der Waals surface area contributed by atoms with Crippen LogP contribution in [0.3, 0.4) is 0 Å². The molecule has 0 atom stereocenters. The highest BCUT2D eigenvalue weighted by molar-refractivity contribution is 6.12. The average Bonchev–Trinajstić information content (AvgIpc) is 2.76. The maximum absolute atomic E-state index is 13.6. The molecular weight excluding hydrogens is 371 g/mol. The van der Waals surface area contributed by atoms with E-state index in [9.17, 15) is 14.0 Å². The molecule has 0 radical (unpaired) electrons. The highest BCUT2D eigenvalue weighted by Gasteiger charge is 2.20. The Hall–Kier alpha value is -3.47. The third-order valence-corrected chi connectivity index (χ3v) is 3.71. The molecule has 0 saturated heterocycles. The van der Waals surface area contributed by atoms with Crippen LogP contribution in [0.2, 0.25) is 0 Å². The monoisotopic (exact) mass is 396 g/mol. The van der Waals surface area contributed by atoms with Gasteiger partial charge in [-0.3, -0.25) is 4.79 Å². The molecule has 0 heterocycles. The fraction of sp³-hybridized carbons (Fsp3) is 0.167. The number of hydrogen-bond acceptors (Lipinski definition) is 4. The maximum Gasteiger partial charge on any atom is 0.341 e. The highest BCUT2D eigenvalue weighted by Crippen LogP contribution is 2.25. The van der Waals surface area contributed by atoms with Crippen LogP contribution in [0.5, 0.6) is 5.75 Å². The van der Waals surface area contributed by atoms with Gasteiger partial charge < -0.3 is 9.47 Å². The molecule has 0 unspecified atom stereocenters. The molecule has 0 aliphatic carbocycles. The van der Waals surface area contributed by atoms with Crippen molar-refractivity contribution in [2.75, 3.05) is 7.11 Å². The van der Waals surface area contributed by atoms with Crippen LogP contribution in [-0.4, -0.2) is 18.9 Å². The van der Waals surface area contributed by atoms with Crippen molar-refractivity contribution in [1.29, 1.82) is 0 Å². The lowest BCUT2D eigenvalue weighted by Gasteiger charge is -2.12. The lowest BCUT2D eigenvalue weighted by atomic mass is 10.00. The third kappa shape index (κ3) is 6.57. The number of ketones is 1. The number of carbonyl (C=O) groups excluding carboxylic acids is 2. The Morgan fingerprint density at radius 1 is 1.10 bits per heavy atom. The van der Waals surface area contributed by atoms with E-state index in [1.165, 1.54) is 37.5 Å². The van der Waals surface area contributed by atoms with Gasteiger partial charge in [-0.1, -0.05) is 63.4 Å². The van der Waals surface area contributed by atoms with E-state index in [-0.39, 0.29) is 29.1 Å². The lowest BCUT2D eigenvalue weighted by molar-refractivity contribution is 0.0595. The van der Waals surface area contributed by atoms with Gasteiger partial charge in [0.1, 0.15) is 23.7 Å². The number of methoxy groups -OCH3 is 1. The summed E-state index contributed by atoms with van der Waals surface area (Å²) in [6, 6.07) is 13.5. The van der Waals surface area contributed by atoms with Gasteiger partial charge in [0, 0.05) is 5.56 Å². The van der Waals surface area contributed by atoms with Gasteiger partial charge in [-0.05, 0) is 29.8 Å². The SMILES string of the molecule is C=C/C=C(\C(=C)F)C(=O)c1ccc(C(=O)OC)c(OCc2ccccc2)c1.CC. The highest BCUT2D eigenvalue weighted by atomic mass is 19.1. The summed E-state index contributed by atoms with van der Waals surface area (Å²) in [5, 5.41) is 0. The van der Waals surface area contributed by atoms with Crippen LogP contribution in [0.4, 0.5) is 4.39 Å². The molecule has 0 fully saturated rings. The molecule has 0 N–H and O–H groups in total. The topological polar surface area (TPSA) is 52.6 Å². The van der Waals surface area contributed by atoms with Crippen LogP contribution in [0, 0.1) is 0 Å². The number of halogens is 1. The molecule has 2 aromatic carbocycles. The van der Waals surface area contributed by atoms with Gasteiger partial charge in [0.2, 0.25) is 0 Å². The second-order valence-electron chi connectivity index (χ2n) is 5.53. The first kappa shape index (κ1) is 23.6. The van der Waals surface area contributed by atoms with Crippen molar-refractivity contribution in [3.63, 3.8) is 0 Å². The van der Waals surface area contributed by atoms with Crippen molar-refractivity contribution in [2.24, 2.45) is 0 Å². The van der Waals surface area contributed by atoms with Gasteiger partial charge in [0.25, 0.3) is 0 Å². The summed E-state index contributed by atoms with van der Waals surface area (Å²) < 4.78 is 24.1. The quantitative estimate of drug-likeness (QED) is 0.243. The fourth-order valence-corrected chi connectivity index (χ4v) is 2.36. The molecule has 0 saturated carbocycles. The Morgan fingerprint density at radius 2 is 1.76 bits per heavy atom. The fourth-order valence-electron chi connectivity index (χ4n) is 2.36. The van der Waals surface area contributed by atoms with Gasteiger partial charge in [0.05, 0.1) is 12.7 Å². The average molecular weight is 396 g/mol. The standard InChI is InChI=1S/C22H19FO4.C2H6/c1-4-8-18(15(2)23)21(24)17-11-12-19(22(25)26-3)20(13-17)27-14-16-9-6-5-7-10-16;1-2/h4-13H,1-2,14H2,3H3;1-2H3/b18-8+;. The Balaban J connectivity index is 0.00000204. The molecule has 0 amide bonds. The predicted molar refractivity (Wildman–Crippen MR) is 113 cm³/mol. The van der Waals surface area contributed by atoms with Crippen molar-refractivity contribution >= 4 is 11.8 Å². The molecule has 0 aliphatic heterocycles. The van der Waals surface area contributed by atoms with E-state index >= 15 is 0 Å². The lowest BCUT2D eigenvalue weighted by Crippen LogP contribution is -2.09. The molecule has 5 heteroatoms. The Kier molecular flexibility index (Phi) is 9.82. The summed E-state index contributed by atoms with van der Waals surface area (Å²) >= 11 is 0. The van der Waals surface area contributed by atoms with Crippen molar-refractivity contribution < 1.29 is 23.5 Å². The number of carbonyl (C=O) groups is 2. The third-order valence-electron chi connectivity index (χ3n) is 3.71. The van der Waals surface area contributed by atoms with Crippen molar-refractivity contribution in [1.82, 2.24) is 0 Å². The largest absolute Gasteiger partial charge is 0.488 e. The zero-order valence-electron chi connectivity index (χ0n) is 16.9. The Labute approximate surface area is 171 Å². The molecular formula is C24H25FO4. The molecule has 0 aromatic heterocycles. The summed E-state index contributed by atoms with van der Waals surface area (Å²) in [5.74, 6) is -1.90. The van der Waals surface area contributed by atoms with Crippen LogP contribution in [0.25, 0.3) is 0 Å². The summed E-state index contributed by atoms with van der Waals surface area (Å²) in [6.45, 7) is 10.8. The van der Waals surface area contributed by atoms with Gasteiger partial charge in [-0.25, -0.2) is 9.18 Å². The van der Waals surface area contributed by atoms with Crippen molar-refractivity contribution in [2.45, 2.75) is 20.5 Å². The van der Waals surface area contributed by atoms with Crippen LogP contribution >= 0.6 is 0 Å². The molecule has 2 aromatic rings. The second kappa shape index (κ2) is 12.1. The zero-order chi connectivity index (χ0) is 21.8. The number of Topliss-reactive ketones (excluding diaryl/α,β-unsaturated/α-hetero) is 1. The minimum Gasteiger partial charge on any atom is -0.488 e. The summed E-state index contributed by atoms with van der Waals surface area (Å²) in [6.07, 6.45) is 2.54. The number of rotatable bonds is 8. The van der Waals surface area contributed by atoms with Gasteiger partial charge in [0.15, 0.2) is 5.78 Å². The van der Waals surface area contributed by atoms with Crippen LogP contribution < -0.4 is 4.74 Å². The number of esters is 1. The van der Waals surface area contributed by atoms with Gasteiger partial charge >= 0.3 is 5.97 Å². The summed E-state index contributed by atoms with van der Waals surface area (Å²) in [5.41, 5.74) is 0.982. The van der Waals surface area contributed by atoms with Crippen molar-refractivity contribution in [3.05, 3.63) is 102 Å². The second-order valence-corrected chi connectivity index (χ2v) is 5.53. The summed E-state index contributed by atoms with van der Waals surface area (Å²) in [4.78, 5) is 24.6. The first-order valence-electron chi connectivity index (χ1n) is 9.09. The Morgan fingerprint density at radius 3 is 2.31 bits per heavy atom. The molecule has 2 rings (SSSR count). The van der Waals surface area contributed by atoms with Crippen LogP contribution in [0.15, 0.2) is 85.2 Å².